The molecule has 0 radical (unpaired) electrons. The molecule has 2 atom stereocenters. The van der Waals surface area contributed by atoms with Crippen LogP contribution in [0.1, 0.15) is 42.9 Å². The van der Waals surface area contributed by atoms with E-state index in [9.17, 15) is 9.50 Å². The number of hydrogen-bond donors (Lipinski definition) is 2. The molecule has 0 heterocycles. The number of nitrogens with one attached hydrogen (secondary N) is 1. The van der Waals surface area contributed by atoms with Gasteiger partial charge in [-0.05, 0) is 55.6 Å². The number of benzene rings is 1. The summed E-state index contributed by atoms with van der Waals surface area (Å²) in [5.74, 6) is 0. The van der Waals surface area contributed by atoms with Gasteiger partial charge in [0.15, 0.2) is 0 Å². The Morgan fingerprint density at radius 2 is 2.14 bits per heavy atom. The van der Waals surface area contributed by atoms with Crippen molar-refractivity contribution in [3.63, 3.8) is 0 Å². The van der Waals surface area contributed by atoms with Crippen molar-refractivity contribution in [3.05, 3.63) is 53.6 Å². The zero-order valence-corrected chi connectivity index (χ0v) is 12.6. The van der Waals surface area contributed by atoms with Gasteiger partial charge >= 0.3 is 0 Å². The number of aliphatic hydroxyl groups is 1. The van der Waals surface area contributed by atoms with Crippen LogP contribution in [0.3, 0.4) is 0 Å². The molecule has 1 aliphatic carbocycles. The Labute approximate surface area is 126 Å². The molecule has 21 heavy (non-hydrogen) atoms. The van der Waals surface area contributed by atoms with Crippen LogP contribution >= 0.6 is 0 Å². The second kappa shape index (κ2) is 8.11. The molecule has 0 amide bonds. The third kappa shape index (κ3) is 4.51. The van der Waals surface area contributed by atoms with E-state index in [2.05, 4.69) is 5.32 Å². The third-order valence-corrected chi connectivity index (χ3v) is 3.83. The van der Waals surface area contributed by atoms with Crippen LogP contribution in [-0.2, 0) is 0 Å². The van der Waals surface area contributed by atoms with Crippen molar-refractivity contribution in [2.75, 3.05) is 13.6 Å². The summed E-state index contributed by atoms with van der Waals surface area (Å²) in [5, 5.41) is 13.6. The Bertz CT molecular complexity index is 510. The van der Waals surface area contributed by atoms with Crippen LogP contribution in [-0.4, -0.2) is 24.9 Å². The van der Waals surface area contributed by atoms with E-state index >= 15 is 0 Å². The number of hydrogen-bond acceptors (Lipinski definition) is 2. The molecule has 0 bridgehead atoms. The molecule has 2 nitrogen and oxygen atoms in total. The molecule has 3 heteroatoms. The van der Waals surface area contributed by atoms with E-state index in [1.165, 1.54) is 0 Å². The van der Waals surface area contributed by atoms with Crippen molar-refractivity contribution in [1.82, 2.24) is 5.32 Å². The first kappa shape index (κ1) is 15.9. The summed E-state index contributed by atoms with van der Waals surface area (Å²) in [6.45, 7) is 0.972. The maximum Gasteiger partial charge on any atom is 0.122 e. The van der Waals surface area contributed by atoms with Gasteiger partial charge in [0.2, 0.25) is 0 Å². The second-order valence-electron chi connectivity index (χ2n) is 5.47. The molecule has 1 aromatic carbocycles. The Morgan fingerprint density at radius 3 is 2.86 bits per heavy atom. The number of rotatable bonds is 7. The van der Waals surface area contributed by atoms with Crippen molar-refractivity contribution in [2.24, 2.45) is 0 Å². The molecule has 2 unspecified atom stereocenters. The normalized spacial score (nSPS) is 19.4. The molecule has 0 saturated carbocycles. The van der Waals surface area contributed by atoms with Crippen molar-refractivity contribution >= 4 is 5.57 Å². The SMILES string of the molecule is CNCCCCC(O)c1ccccc1C1=CCC(F)C=C1. The van der Waals surface area contributed by atoms with Crippen LogP contribution in [0.4, 0.5) is 4.39 Å². The Balaban J connectivity index is 2.08. The lowest BCUT2D eigenvalue weighted by Crippen LogP contribution is -2.08. The summed E-state index contributed by atoms with van der Waals surface area (Å²) in [4.78, 5) is 0. The third-order valence-electron chi connectivity index (χ3n) is 3.83. The summed E-state index contributed by atoms with van der Waals surface area (Å²) in [7, 11) is 1.94. The molecule has 0 fully saturated rings. The fourth-order valence-electron chi connectivity index (χ4n) is 2.64. The fraction of sp³-hybridized carbons (Fsp3) is 0.444. The first-order valence-electron chi connectivity index (χ1n) is 7.66. The summed E-state index contributed by atoms with van der Waals surface area (Å²) in [5.41, 5.74) is 2.96. The number of unbranched alkanes of at least 4 members (excludes halogenated alkanes) is 1. The molecular weight excluding hydrogens is 265 g/mol. The van der Waals surface area contributed by atoms with Gasteiger partial charge in [0, 0.05) is 6.42 Å². The van der Waals surface area contributed by atoms with E-state index in [1.54, 1.807) is 6.08 Å². The van der Waals surface area contributed by atoms with Crippen molar-refractivity contribution < 1.29 is 9.50 Å². The highest BCUT2D eigenvalue weighted by molar-refractivity contribution is 5.77. The highest BCUT2D eigenvalue weighted by Gasteiger charge is 2.15. The summed E-state index contributed by atoms with van der Waals surface area (Å²) < 4.78 is 13.2. The predicted octanol–water partition coefficient (Wildman–Crippen LogP) is 3.79. The summed E-state index contributed by atoms with van der Waals surface area (Å²) in [6.07, 6.45) is 7.19. The molecule has 2 N–H and O–H groups in total. The monoisotopic (exact) mass is 289 g/mol. The molecule has 0 aromatic heterocycles. The zero-order valence-electron chi connectivity index (χ0n) is 12.6. The van der Waals surface area contributed by atoms with Gasteiger partial charge in [-0.2, -0.15) is 0 Å². The molecule has 1 aromatic rings. The molecular formula is C18H24FNO. The van der Waals surface area contributed by atoms with Gasteiger partial charge in [-0.1, -0.05) is 36.4 Å². The Morgan fingerprint density at radius 1 is 1.33 bits per heavy atom. The number of aliphatic hydroxyl groups excluding tert-OH is 1. The lowest BCUT2D eigenvalue weighted by atomic mass is 9.91. The fourth-order valence-corrected chi connectivity index (χ4v) is 2.64. The van der Waals surface area contributed by atoms with E-state index in [4.69, 9.17) is 0 Å². The van der Waals surface area contributed by atoms with Gasteiger partial charge in [-0.15, -0.1) is 0 Å². The minimum absolute atomic E-state index is 0.415. The smallest absolute Gasteiger partial charge is 0.122 e. The highest BCUT2D eigenvalue weighted by atomic mass is 19.1. The standard InChI is InChI=1S/C18H24FNO/c1-20-13-5-4-8-18(21)17-7-3-2-6-16(17)14-9-11-15(19)12-10-14/h2-3,6-7,9-11,15,18,20-21H,4-5,8,12-13H2,1H3. The molecule has 0 aliphatic heterocycles. The summed E-state index contributed by atoms with van der Waals surface area (Å²) >= 11 is 0. The van der Waals surface area contributed by atoms with E-state index < -0.39 is 12.3 Å². The summed E-state index contributed by atoms with van der Waals surface area (Å²) in [6, 6.07) is 7.87. The minimum Gasteiger partial charge on any atom is -0.388 e. The first-order valence-corrected chi connectivity index (χ1v) is 7.66. The number of alkyl halides is 1. The zero-order chi connectivity index (χ0) is 15.1. The molecule has 2 rings (SSSR count). The molecule has 0 spiro atoms. The highest BCUT2D eigenvalue weighted by Crippen LogP contribution is 2.30. The van der Waals surface area contributed by atoms with Gasteiger partial charge in [-0.3, -0.25) is 0 Å². The topological polar surface area (TPSA) is 32.3 Å². The quantitative estimate of drug-likeness (QED) is 0.749. The van der Waals surface area contributed by atoms with Crippen LogP contribution in [0.25, 0.3) is 5.57 Å². The van der Waals surface area contributed by atoms with Crippen LogP contribution < -0.4 is 5.32 Å². The van der Waals surface area contributed by atoms with E-state index in [-0.39, 0.29) is 0 Å². The van der Waals surface area contributed by atoms with E-state index in [1.807, 2.05) is 43.5 Å². The van der Waals surface area contributed by atoms with Crippen molar-refractivity contribution in [2.45, 2.75) is 38.0 Å². The van der Waals surface area contributed by atoms with Crippen LogP contribution in [0, 0.1) is 0 Å². The molecule has 0 saturated heterocycles. The van der Waals surface area contributed by atoms with Crippen LogP contribution in [0.2, 0.25) is 0 Å². The average Bonchev–Trinajstić information content (AvgIpc) is 2.52. The van der Waals surface area contributed by atoms with Gasteiger partial charge in [-0.25, -0.2) is 4.39 Å². The van der Waals surface area contributed by atoms with Crippen molar-refractivity contribution in [1.29, 1.82) is 0 Å². The van der Waals surface area contributed by atoms with Crippen molar-refractivity contribution in [3.8, 4) is 0 Å². The van der Waals surface area contributed by atoms with E-state index in [0.29, 0.717) is 6.42 Å². The minimum atomic E-state index is -0.882. The number of allylic oxidation sites excluding steroid dienone is 4. The van der Waals surface area contributed by atoms with Gasteiger partial charge in [0.05, 0.1) is 6.10 Å². The van der Waals surface area contributed by atoms with Gasteiger partial charge < -0.3 is 10.4 Å². The van der Waals surface area contributed by atoms with Crippen LogP contribution in [0.5, 0.6) is 0 Å². The predicted molar refractivity (Wildman–Crippen MR) is 85.8 cm³/mol. The average molecular weight is 289 g/mol. The maximum atomic E-state index is 13.2. The first-order chi connectivity index (χ1) is 10.2. The molecule has 114 valence electrons. The lowest BCUT2D eigenvalue weighted by molar-refractivity contribution is 0.163. The van der Waals surface area contributed by atoms with Crippen LogP contribution in [0.15, 0.2) is 42.5 Å². The molecule has 1 aliphatic rings. The van der Waals surface area contributed by atoms with Gasteiger partial charge in [0.1, 0.15) is 6.17 Å². The Hall–Kier alpha value is -1.45. The van der Waals surface area contributed by atoms with Gasteiger partial charge in [0.25, 0.3) is 0 Å². The maximum absolute atomic E-state index is 13.2. The largest absolute Gasteiger partial charge is 0.388 e. The lowest BCUT2D eigenvalue weighted by Gasteiger charge is -2.18. The Kier molecular flexibility index (Phi) is 6.15. The number of halogens is 1. The second-order valence-corrected chi connectivity index (χ2v) is 5.47. The van der Waals surface area contributed by atoms with E-state index in [0.717, 1.165) is 42.5 Å².